The molecule has 0 saturated heterocycles. The Balaban J connectivity index is 1.91. The van der Waals surface area contributed by atoms with Crippen molar-refractivity contribution in [2.45, 2.75) is 96.5 Å². The van der Waals surface area contributed by atoms with Crippen LogP contribution in [0.25, 0.3) is 0 Å². The van der Waals surface area contributed by atoms with Crippen molar-refractivity contribution in [2.75, 3.05) is 6.61 Å². The first-order valence-corrected chi connectivity index (χ1v) is 14.0. The maximum absolute atomic E-state index is 12.7. The topological polar surface area (TPSA) is 174 Å². The van der Waals surface area contributed by atoms with Crippen LogP contribution in [-0.4, -0.2) is 55.3 Å². The minimum atomic E-state index is -1.10. The molecule has 0 aliphatic rings. The van der Waals surface area contributed by atoms with Crippen molar-refractivity contribution in [3.8, 4) is 34.5 Å². The van der Waals surface area contributed by atoms with Crippen molar-refractivity contribution in [2.24, 2.45) is 0 Å². The first-order valence-electron chi connectivity index (χ1n) is 14.0. The molecule has 0 aliphatic heterocycles. The van der Waals surface area contributed by atoms with Crippen LogP contribution in [0.3, 0.4) is 0 Å². The Morgan fingerprint density at radius 3 is 1.40 bits per heavy atom. The fourth-order valence-corrected chi connectivity index (χ4v) is 4.45. The van der Waals surface area contributed by atoms with E-state index in [-0.39, 0.29) is 0 Å². The largest absolute Gasteiger partial charge is 0.508 e. The molecule has 40 heavy (non-hydrogen) atoms. The standard InChI is InChI=1S/C30H42O10/c1-2-3-4-5-6-7-8-9-10-11-12-13-14-22(40-30(38)28-25(35)17-21(32)18-26(28)36)19-39-29(37)27-23(33)15-20(31)16-24(27)34/h15-18,22,31-36H,2-14,19H2,1H3. The summed E-state index contributed by atoms with van der Waals surface area (Å²) in [6.45, 7) is 1.78. The van der Waals surface area contributed by atoms with Gasteiger partial charge in [-0.2, -0.15) is 0 Å². The summed E-state index contributed by atoms with van der Waals surface area (Å²) in [5.74, 6) is -5.79. The van der Waals surface area contributed by atoms with Crippen LogP contribution in [-0.2, 0) is 9.47 Å². The highest BCUT2D eigenvalue weighted by Crippen LogP contribution is 2.34. The highest BCUT2D eigenvalue weighted by atomic mass is 16.6. The van der Waals surface area contributed by atoms with E-state index in [1.807, 2.05) is 0 Å². The van der Waals surface area contributed by atoms with E-state index in [0.717, 1.165) is 49.9 Å². The van der Waals surface area contributed by atoms with Gasteiger partial charge in [0.1, 0.15) is 58.3 Å². The lowest BCUT2D eigenvalue weighted by molar-refractivity contribution is -0.00408. The number of carbonyl (C=O) groups excluding carboxylic acids is 2. The van der Waals surface area contributed by atoms with Crippen LogP contribution in [0.5, 0.6) is 34.5 Å². The summed E-state index contributed by atoms with van der Waals surface area (Å²) in [5, 5.41) is 58.8. The van der Waals surface area contributed by atoms with Gasteiger partial charge < -0.3 is 40.1 Å². The number of carbonyl (C=O) groups is 2. The zero-order valence-electron chi connectivity index (χ0n) is 23.1. The van der Waals surface area contributed by atoms with E-state index in [2.05, 4.69) is 6.92 Å². The Hall–Kier alpha value is -3.82. The molecule has 0 aliphatic carbocycles. The summed E-state index contributed by atoms with van der Waals surface area (Å²) in [4.78, 5) is 25.2. The third-order valence-corrected chi connectivity index (χ3v) is 6.62. The van der Waals surface area contributed by atoms with Crippen molar-refractivity contribution in [3.63, 3.8) is 0 Å². The van der Waals surface area contributed by atoms with Crippen molar-refractivity contribution >= 4 is 11.9 Å². The fraction of sp³-hybridized carbons (Fsp3) is 0.533. The van der Waals surface area contributed by atoms with Gasteiger partial charge >= 0.3 is 11.9 Å². The van der Waals surface area contributed by atoms with Crippen LogP contribution >= 0.6 is 0 Å². The number of unbranched alkanes of at least 4 members (excludes halogenated alkanes) is 11. The van der Waals surface area contributed by atoms with Crippen LogP contribution in [0.1, 0.15) is 111 Å². The third kappa shape index (κ3) is 10.7. The van der Waals surface area contributed by atoms with Gasteiger partial charge in [-0.1, -0.05) is 77.6 Å². The fourth-order valence-electron chi connectivity index (χ4n) is 4.45. The van der Waals surface area contributed by atoms with Gasteiger partial charge in [0.2, 0.25) is 0 Å². The number of rotatable bonds is 18. The molecule has 0 spiro atoms. The summed E-state index contributed by atoms with van der Waals surface area (Å²) < 4.78 is 10.6. The molecule has 10 heteroatoms. The number of hydrogen-bond donors (Lipinski definition) is 6. The summed E-state index contributed by atoms with van der Waals surface area (Å²) in [5.41, 5.74) is -1.10. The minimum Gasteiger partial charge on any atom is -0.508 e. The Morgan fingerprint density at radius 2 is 0.975 bits per heavy atom. The maximum atomic E-state index is 12.7. The van der Waals surface area contributed by atoms with Gasteiger partial charge in [0, 0.05) is 24.3 Å². The average molecular weight is 563 g/mol. The van der Waals surface area contributed by atoms with Gasteiger partial charge in [-0.15, -0.1) is 0 Å². The Bertz CT molecular complexity index is 1050. The number of ether oxygens (including phenoxy) is 2. The van der Waals surface area contributed by atoms with Crippen LogP contribution in [0.2, 0.25) is 0 Å². The van der Waals surface area contributed by atoms with Crippen LogP contribution in [0.4, 0.5) is 0 Å². The Morgan fingerprint density at radius 1 is 0.600 bits per heavy atom. The molecule has 0 radical (unpaired) electrons. The highest BCUT2D eigenvalue weighted by Gasteiger charge is 2.26. The molecule has 0 aromatic heterocycles. The van der Waals surface area contributed by atoms with Crippen LogP contribution < -0.4 is 0 Å². The molecule has 1 unspecified atom stereocenters. The number of benzene rings is 2. The molecule has 0 fully saturated rings. The molecule has 0 saturated carbocycles. The predicted octanol–water partition coefficient (Wildman–Crippen LogP) is 6.39. The zero-order chi connectivity index (χ0) is 29.5. The molecule has 0 amide bonds. The number of phenolic OH excluding ortho intramolecular Hbond substituents is 6. The molecule has 10 nitrogen and oxygen atoms in total. The van der Waals surface area contributed by atoms with Gasteiger partial charge in [0.15, 0.2) is 0 Å². The van der Waals surface area contributed by atoms with Crippen molar-refractivity contribution < 1.29 is 49.7 Å². The van der Waals surface area contributed by atoms with E-state index in [0.29, 0.717) is 12.8 Å². The van der Waals surface area contributed by atoms with Gasteiger partial charge in [-0.3, -0.25) is 0 Å². The maximum Gasteiger partial charge on any atom is 0.346 e. The second-order valence-electron chi connectivity index (χ2n) is 10.0. The second-order valence-corrected chi connectivity index (χ2v) is 10.0. The molecule has 6 N–H and O–H groups in total. The van der Waals surface area contributed by atoms with Crippen molar-refractivity contribution in [3.05, 3.63) is 35.4 Å². The molecule has 222 valence electrons. The molecule has 0 heterocycles. The normalized spacial score (nSPS) is 11.7. The molecule has 2 aromatic rings. The smallest absolute Gasteiger partial charge is 0.346 e. The van der Waals surface area contributed by atoms with E-state index >= 15 is 0 Å². The Labute approximate surface area is 234 Å². The lowest BCUT2D eigenvalue weighted by atomic mass is 10.0. The average Bonchev–Trinajstić information content (AvgIpc) is 2.86. The highest BCUT2D eigenvalue weighted by molar-refractivity contribution is 5.96. The number of hydrogen-bond acceptors (Lipinski definition) is 10. The molecular weight excluding hydrogens is 520 g/mol. The first kappa shape index (κ1) is 32.4. The SMILES string of the molecule is CCCCCCCCCCCCCCC(COC(=O)c1c(O)cc(O)cc1O)OC(=O)c1c(O)cc(O)cc1O. The van der Waals surface area contributed by atoms with E-state index in [1.54, 1.807) is 0 Å². The first-order chi connectivity index (χ1) is 19.1. The molecule has 0 bridgehead atoms. The third-order valence-electron chi connectivity index (χ3n) is 6.62. The van der Waals surface area contributed by atoms with Crippen LogP contribution in [0, 0.1) is 0 Å². The van der Waals surface area contributed by atoms with Gasteiger partial charge in [-0.05, 0) is 12.8 Å². The zero-order valence-corrected chi connectivity index (χ0v) is 23.1. The summed E-state index contributed by atoms with van der Waals surface area (Å²) in [6, 6.07) is 3.51. The van der Waals surface area contributed by atoms with E-state index < -0.39 is 70.3 Å². The lowest BCUT2D eigenvalue weighted by Crippen LogP contribution is -2.25. The van der Waals surface area contributed by atoms with Gasteiger partial charge in [-0.25, -0.2) is 9.59 Å². The van der Waals surface area contributed by atoms with Gasteiger partial charge in [0.05, 0.1) is 0 Å². The summed E-state index contributed by atoms with van der Waals surface area (Å²) >= 11 is 0. The number of phenols is 6. The molecular formula is C30H42O10. The van der Waals surface area contributed by atoms with Gasteiger partial charge in [0.25, 0.3) is 0 Å². The molecule has 1 atom stereocenters. The predicted molar refractivity (Wildman–Crippen MR) is 148 cm³/mol. The number of esters is 2. The van der Waals surface area contributed by atoms with E-state index in [9.17, 15) is 40.2 Å². The monoisotopic (exact) mass is 562 g/mol. The molecule has 2 aromatic carbocycles. The van der Waals surface area contributed by atoms with E-state index in [1.165, 1.54) is 44.9 Å². The van der Waals surface area contributed by atoms with Crippen molar-refractivity contribution in [1.29, 1.82) is 0 Å². The second kappa shape index (κ2) is 17.0. The summed E-state index contributed by atoms with van der Waals surface area (Å²) in [6.07, 6.45) is 13.0. The summed E-state index contributed by atoms with van der Waals surface area (Å²) in [7, 11) is 0. The van der Waals surface area contributed by atoms with Crippen LogP contribution in [0.15, 0.2) is 24.3 Å². The Kier molecular flexibility index (Phi) is 13.8. The lowest BCUT2D eigenvalue weighted by Gasteiger charge is -2.19. The quantitative estimate of drug-likeness (QED) is 0.0881. The van der Waals surface area contributed by atoms with Crippen molar-refractivity contribution in [1.82, 2.24) is 0 Å². The number of aromatic hydroxyl groups is 6. The minimum absolute atomic E-state index is 0.309. The molecule has 2 rings (SSSR count). The van der Waals surface area contributed by atoms with E-state index in [4.69, 9.17) is 9.47 Å².